The van der Waals surface area contributed by atoms with Crippen LogP contribution in [0.5, 0.6) is 0 Å². The summed E-state index contributed by atoms with van der Waals surface area (Å²) in [7, 11) is 1.88. The van der Waals surface area contributed by atoms with Crippen LogP contribution in [0.3, 0.4) is 0 Å². The number of piperazine rings is 1. The van der Waals surface area contributed by atoms with Crippen molar-refractivity contribution in [2.24, 2.45) is 23.7 Å². The van der Waals surface area contributed by atoms with Gasteiger partial charge in [0.1, 0.15) is 29.5 Å². The highest BCUT2D eigenvalue weighted by atomic mass is 19.4. The Morgan fingerprint density at radius 2 is 1.55 bits per heavy atom. The van der Waals surface area contributed by atoms with Gasteiger partial charge in [-0.15, -0.1) is 0 Å². The standard InChI is InChI=1S/C34H45F4N7O4/c1-5-45-26(12-13-39-45)31(47)42-29(27(21-6-7-21)22-8-9-22)32(48)40-25-11-10-23(18-24(25)35)19(2)28(41-30(46)20(3)34(36,37)38)33(49)44-16-14-43(4)15-17-44/h10-13,18-22,27-29H,5-9,14-17H2,1-4H3,(H,40,48)(H,41,46)(H,42,47)/t19-,20?,28+,29-/m0/s1. The van der Waals surface area contributed by atoms with Crippen LogP contribution < -0.4 is 16.0 Å². The molecule has 49 heavy (non-hydrogen) atoms. The Bertz CT molecular complexity index is 1520. The Labute approximate surface area is 283 Å². The minimum atomic E-state index is -4.81. The molecule has 2 aliphatic carbocycles. The van der Waals surface area contributed by atoms with Crippen molar-refractivity contribution in [3.8, 4) is 0 Å². The Kier molecular flexibility index (Phi) is 11.0. The van der Waals surface area contributed by atoms with Gasteiger partial charge in [-0.2, -0.15) is 18.3 Å². The first kappa shape index (κ1) is 36.3. The zero-order valence-electron chi connectivity index (χ0n) is 28.2. The second-order valence-corrected chi connectivity index (χ2v) is 13.6. The lowest BCUT2D eigenvalue weighted by Gasteiger charge is -2.36. The highest BCUT2D eigenvalue weighted by Gasteiger charge is 2.49. The summed E-state index contributed by atoms with van der Waals surface area (Å²) < 4.78 is 57.4. The van der Waals surface area contributed by atoms with Crippen molar-refractivity contribution in [2.75, 3.05) is 38.5 Å². The van der Waals surface area contributed by atoms with Crippen molar-refractivity contribution in [3.05, 3.63) is 47.5 Å². The van der Waals surface area contributed by atoms with Gasteiger partial charge < -0.3 is 25.8 Å². The lowest BCUT2D eigenvalue weighted by Crippen LogP contribution is -2.57. The van der Waals surface area contributed by atoms with E-state index in [9.17, 15) is 32.3 Å². The van der Waals surface area contributed by atoms with E-state index in [0.29, 0.717) is 38.4 Å². The lowest BCUT2D eigenvalue weighted by atomic mass is 9.88. The maximum absolute atomic E-state index is 15.7. The highest BCUT2D eigenvalue weighted by Crippen LogP contribution is 2.51. The molecule has 1 saturated heterocycles. The normalized spacial score (nSPS) is 19.6. The van der Waals surface area contributed by atoms with Crippen LogP contribution in [0.1, 0.15) is 68.4 Å². The fourth-order valence-electron chi connectivity index (χ4n) is 6.59. The molecule has 2 heterocycles. The van der Waals surface area contributed by atoms with Gasteiger partial charge in [0.25, 0.3) is 5.91 Å². The summed E-state index contributed by atoms with van der Waals surface area (Å²) in [5.41, 5.74) is 0.405. The number of hydrogen-bond acceptors (Lipinski definition) is 6. The van der Waals surface area contributed by atoms with Gasteiger partial charge in [0.15, 0.2) is 0 Å². The fraction of sp³-hybridized carbons (Fsp3) is 0.618. The number of carbonyl (C=O) groups excluding carboxylic acids is 4. The number of nitrogens with zero attached hydrogens (tertiary/aromatic N) is 4. The zero-order chi connectivity index (χ0) is 35.6. The van der Waals surface area contributed by atoms with E-state index in [1.165, 1.54) is 34.8 Å². The molecule has 4 amide bonds. The van der Waals surface area contributed by atoms with Gasteiger partial charge in [-0.05, 0) is 88.1 Å². The van der Waals surface area contributed by atoms with E-state index in [1.807, 2.05) is 18.9 Å². The van der Waals surface area contributed by atoms with Crippen LogP contribution >= 0.6 is 0 Å². The summed E-state index contributed by atoms with van der Waals surface area (Å²) in [6.07, 6.45) is 0.480. The highest BCUT2D eigenvalue weighted by molar-refractivity contribution is 6.01. The number of benzene rings is 1. The van der Waals surface area contributed by atoms with E-state index in [4.69, 9.17) is 0 Å². The van der Waals surface area contributed by atoms with Gasteiger partial charge in [-0.25, -0.2) is 4.39 Å². The molecule has 0 spiro atoms. The topological polar surface area (TPSA) is 129 Å². The third-order valence-electron chi connectivity index (χ3n) is 10.1. The first-order valence-corrected chi connectivity index (χ1v) is 17.0. The van der Waals surface area contributed by atoms with Crippen molar-refractivity contribution in [3.63, 3.8) is 0 Å². The first-order valence-electron chi connectivity index (χ1n) is 17.0. The maximum atomic E-state index is 15.7. The Balaban J connectivity index is 1.35. The molecular weight excluding hydrogens is 646 g/mol. The number of halogens is 4. The van der Waals surface area contributed by atoms with Crippen LogP contribution in [-0.4, -0.2) is 94.7 Å². The largest absolute Gasteiger partial charge is 0.400 e. The molecule has 3 N–H and O–H groups in total. The number of aromatic nitrogens is 2. The number of likely N-dealkylation sites (N-methyl/N-ethyl adjacent to an activating group) is 1. The van der Waals surface area contributed by atoms with Crippen molar-refractivity contribution < 1.29 is 36.7 Å². The quantitative estimate of drug-likeness (QED) is 0.275. The monoisotopic (exact) mass is 691 g/mol. The van der Waals surface area contributed by atoms with Gasteiger partial charge in [-0.3, -0.25) is 23.9 Å². The molecule has 1 aromatic heterocycles. The molecule has 11 nitrogen and oxygen atoms in total. The van der Waals surface area contributed by atoms with Crippen LogP contribution in [-0.2, 0) is 20.9 Å². The average molecular weight is 692 g/mol. The number of rotatable bonds is 13. The summed E-state index contributed by atoms with van der Waals surface area (Å²) in [5, 5.41) is 12.0. The van der Waals surface area contributed by atoms with E-state index >= 15 is 4.39 Å². The van der Waals surface area contributed by atoms with E-state index in [0.717, 1.165) is 38.7 Å². The molecule has 1 aliphatic heterocycles. The number of nitrogens with one attached hydrogen (secondary N) is 3. The van der Waals surface area contributed by atoms with Gasteiger partial charge in [0.2, 0.25) is 17.7 Å². The van der Waals surface area contributed by atoms with Gasteiger partial charge in [0.05, 0.1) is 5.69 Å². The van der Waals surface area contributed by atoms with Gasteiger partial charge in [0, 0.05) is 44.8 Å². The summed E-state index contributed by atoms with van der Waals surface area (Å²) in [6.45, 7) is 6.31. The van der Waals surface area contributed by atoms with Crippen LogP contribution in [0.4, 0.5) is 23.2 Å². The Morgan fingerprint density at radius 3 is 2.10 bits per heavy atom. The number of anilines is 1. The molecule has 0 radical (unpaired) electrons. The summed E-state index contributed by atoms with van der Waals surface area (Å²) in [6, 6.07) is 3.17. The van der Waals surface area contributed by atoms with Crippen molar-refractivity contribution in [1.82, 2.24) is 30.2 Å². The molecule has 0 bridgehead atoms. The first-order chi connectivity index (χ1) is 23.2. The predicted molar refractivity (Wildman–Crippen MR) is 173 cm³/mol. The van der Waals surface area contributed by atoms with Crippen molar-refractivity contribution in [2.45, 2.75) is 77.2 Å². The number of hydrogen-bond donors (Lipinski definition) is 3. The number of aryl methyl sites for hydroxylation is 1. The average Bonchev–Trinajstić information content (AvgIpc) is 4.02. The van der Waals surface area contributed by atoms with E-state index in [1.54, 1.807) is 6.07 Å². The molecule has 3 fully saturated rings. The van der Waals surface area contributed by atoms with Crippen LogP contribution in [0.15, 0.2) is 30.5 Å². The molecule has 2 aromatic rings. The van der Waals surface area contributed by atoms with Crippen LogP contribution in [0.25, 0.3) is 0 Å². The second kappa shape index (κ2) is 14.9. The molecule has 2 saturated carbocycles. The second-order valence-electron chi connectivity index (χ2n) is 13.6. The van der Waals surface area contributed by atoms with Crippen molar-refractivity contribution >= 4 is 29.3 Å². The predicted octanol–water partition coefficient (Wildman–Crippen LogP) is 3.78. The van der Waals surface area contributed by atoms with E-state index in [-0.39, 0.29) is 29.0 Å². The number of amides is 4. The smallest absolute Gasteiger partial charge is 0.343 e. The summed E-state index contributed by atoms with van der Waals surface area (Å²) in [5.74, 6) is -6.58. The lowest BCUT2D eigenvalue weighted by molar-refractivity contribution is -0.180. The molecule has 15 heteroatoms. The SMILES string of the molecule is CCn1nccc1C(=O)N[C@H](C(=O)Nc1ccc([C@H](C)[C@@H](NC(=O)C(C)C(F)(F)F)C(=O)N2CCN(C)CC2)cc1F)C(C1CC1)C1CC1. The molecule has 268 valence electrons. The Hall–Kier alpha value is -4.01. The molecule has 4 atom stereocenters. The Morgan fingerprint density at radius 1 is 0.918 bits per heavy atom. The molecule has 1 unspecified atom stereocenters. The van der Waals surface area contributed by atoms with Crippen molar-refractivity contribution in [1.29, 1.82) is 0 Å². The molecule has 3 aliphatic rings. The number of alkyl halides is 3. The minimum absolute atomic E-state index is 0.103. The molecule has 1 aromatic carbocycles. The van der Waals surface area contributed by atoms with Gasteiger partial charge in [-0.1, -0.05) is 13.0 Å². The zero-order valence-corrected chi connectivity index (χ0v) is 28.2. The van der Waals surface area contributed by atoms with Crippen LogP contribution in [0, 0.1) is 29.5 Å². The van der Waals surface area contributed by atoms with E-state index in [2.05, 4.69) is 21.0 Å². The minimum Gasteiger partial charge on any atom is -0.343 e. The number of carbonyl (C=O) groups is 4. The molecule has 5 rings (SSSR count). The summed E-state index contributed by atoms with van der Waals surface area (Å²) in [4.78, 5) is 56.9. The summed E-state index contributed by atoms with van der Waals surface area (Å²) >= 11 is 0. The van der Waals surface area contributed by atoms with E-state index < -0.39 is 59.5 Å². The fourth-order valence-corrected chi connectivity index (χ4v) is 6.59. The van der Waals surface area contributed by atoms with Gasteiger partial charge >= 0.3 is 6.18 Å². The van der Waals surface area contributed by atoms with Crippen LogP contribution in [0.2, 0.25) is 0 Å². The molecular formula is C34H45F4N7O4. The third-order valence-corrected chi connectivity index (χ3v) is 10.1. The third kappa shape index (κ3) is 8.60. The maximum Gasteiger partial charge on any atom is 0.400 e.